The molecule has 3 aliphatic rings. The van der Waals surface area contributed by atoms with E-state index in [1.807, 2.05) is 4.90 Å². The molecule has 2 bridgehead atoms. The molecule has 2 fully saturated rings. The third-order valence-electron chi connectivity index (χ3n) is 9.03. The summed E-state index contributed by atoms with van der Waals surface area (Å²) in [5.74, 6) is -1.44. The largest absolute Gasteiger partial charge is 0.331 e. The zero-order valence-electron chi connectivity index (χ0n) is 20.4. The molecule has 6 rings (SSSR count). The number of H-pyrrole nitrogens is 1. The van der Waals surface area contributed by atoms with Crippen LogP contribution in [-0.2, 0) is 5.41 Å². The van der Waals surface area contributed by atoms with Crippen molar-refractivity contribution < 1.29 is 13.6 Å². The monoisotopic (exact) mass is 491 g/mol. The van der Waals surface area contributed by atoms with Crippen LogP contribution in [0.15, 0.2) is 41.2 Å². The van der Waals surface area contributed by atoms with E-state index in [1.54, 1.807) is 6.07 Å². The first kappa shape index (κ1) is 22.9. The summed E-state index contributed by atoms with van der Waals surface area (Å²) in [6.07, 6.45) is 3.48. The summed E-state index contributed by atoms with van der Waals surface area (Å²) in [5.41, 5.74) is 0.585. The maximum Gasteiger partial charge on any atom is 0.274 e. The smallest absolute Gasteiger partial charge is 0.274 e. The molecule has 1 N–H and O–H groups in total. The molecule has 0 unspecified atom stereocenters. The van der Waals surface area contributed by atoms with Crippen molar-refractivity contribution in [1.29, 1.82) is 0 Å². The van der Waals surface area contributed by atoms with Crippen molar-refractivity contribution >= 4 is 5.91 Å². The molecule has 3 aliphatic carbocycles. The summed E-state index contributed by atoms with van der Waals surface area (Å²) < 4.78 is 29.0. The number of carbonyl (C=O) groups is 1. The van der Waals surface area contributed by atoms with Crippen LogP contribution in [0.25, 0.3) is 11.3 Å². The molecule has 2 saturated carbocycles. The van der Waals surface area contributed by atoms with E-state index in [2.05, 4.69) is 41.2 Å². The molecule has 1 aromatic carbocycles. The molecule has 2 aromatic heterocycles. The number of aromatic amines is 1. The van der Waals surface area contributed by atoms with Gasteiger partial charge in [-0.2, -0.15) is 15.3 Å². The maximum atomic E-state index is 14.5. The highest BCUT2D eigenvalue weighted by Gasteiger charge is 2.65. The van der Waals surface area contributed by atoms with E-state index in [1.165, 1.54) is 30.3 Å². The normalized spacial score (nSPS) is 24.4. The van der Waals surface area contributed by atoms with Crippen LogP contribution in [0.4, 0.5) is 8.78 Å². The number of halogens is 2. The number of hydrogen-bond acceptors (Lipinski definition) is 5. The zero-order valence-corrected chi connectivity index (χ0v) is 20.4. The highest BCUT2D eigenvalue weighted by molar-refractivity contribution is 5.93. The first-order chi connectivity index (χ1) is 17.1. The average molecular weight is 492 g/mol. The minimum atomic E-state index is -0.673. The van der Waals surface area contributed by atoms with Gasteiger partial charge in [-0.05, 0) is 73.8 Å². The Bertz CT molecular complexity index is 1420. The van der Waals surface area contributed by atoms with Gasteiger partial charge in [-0.3, -0.25) is 9.59 Å². The van der Waals surface area contributed by atoms with Crippen LogP contribution in [-0.4, -0.2) is 43.3 Å². The van der Waals surface area contributed by atoms with Crippen molar-refractivity contribution in [3.8, 4) is 11.3 Å². The molecule has 7 nitrogen and oxygen atoms in total. The SMILES string of the molecule is CC1(N(C[C@@]23CC[C@@H](c4cc(-c5c(F)cccc5F)nnc42)C3(C)C)C(=O)c2ccc(=O)[nH]n2)CC1. The van der Waals surface area contributed by atoms with E-state index >= 15 is 0 Å². The van der Waals surface area contributed by atoms with Crippen molar-refractivity contribution in [1.82, 2.24) is 25.3 Å². The lowest BCUT2D eigenvalue weighted by Crippen LogP contribution is -2.52. The van der Waals surface area contributed by atoms with Crippen molar-refractivity contribution in [3.63, 3.8) is 0 Å². The summed E-state index contributed by atoms with van der Waals surface area (Å²) in [5, 5.41) is 15.2. The van der Waals surface area contributed by atoms with E-state index < -0.39 is 17.0 Å². The van der Waals surface area contributed by atoms with E-state index in [-0.39, 0.29) is 45.3 Å². The van der Waals surface area contributed by atoms with Gasteiger partial charge in [0.2, 0.25) is 0 Å². The molecule has 0 saturated heterocycles. The molecule has 0 aliphatic heterocycles. The molecule has 2 heterocycles. The third-order valence-corrected chi connectivity index (χ3v) is 9.03. The Morgan fingerprint density at radius 1 is 1.08 bits per heavy atom. The fourth-order valence-electron chi connectivity index (χ4n) is 6.47. The Labute approximate surface area is 207 Å². The number of carbonyl (C=O) groups excluding carboxylic acids is 1. The second-order valence-corrected chi connectivity index (χ2v) is 11.2. The molecule has 0 spiro atoms. The van der Waals surface area contributed by atoms with Gasteiger partial charge in [-0.1, -0.05) is 19.9 Å². The van der Waals surface area contributed by atoms with Crippen LogP contribution in [0, 0.1) is 17.0 Å². The topological polar surface area (TPSA) is 91.8 Å². The van der Waals surface area contributed by atoms with Crippen molar-refractivity contribution in [2.45, 2.75) is 63.3 Å². The third kappa shape index (κ3) is 3.10. The fourth-order valence-corrected chi connectivity index (χ4v) is 6.47. The number of aromatic nitrogens is 4. The lowest BCUT2D eigenvalue weighted by atomic mass is 9.68. The zero-order chi connectivity index (χ0) is 25.5. The quantitative estimate of drug-likeness (QED) is 0.573. The minimum absolute atomic E-state index is 0.131. The summed E-state index contributed by atoms with van der Waals surface area (Å²) in [4.78, 5) is 27.0. The Morgan fingerprint density at radius 2 is 1.81 bits per heavy atom. The molecule has 2 atom stereocenters. The van der Waals surface area contributed by atoms with Crippen LogP contribution in [0.2, 0.25) is 0 Å². The van der Waals surface area contributed by atoms with Crippen LogP contribution in [0.1, 0.15) is 74.1 Å². The van der Waals surface area contributed by atoms with Gasteiger partial charge in [-0.25, -0.2) is 13.9 Å². The number of benzene rings is 1. The summed E-state index contributed by atoms with van der Waals surface area (Å²) in [6.45, 7) is 6.87. The second-order valence-electron chi connectivity index (χ2n) is 11.2. The summed E-state index contributed by atoms with van der Waals surface area (Å²) in [6, 6.07) is 8.31. The Kier molecular flexibility index (Phi) is 4.78. The van der Waals surface area contributed by atoms with Gasteiger partial charge in [0.25, 0.3) is 11.5 Å². The summed E-state index contributed by atoms with van der Waals surface area (Å²) in [7, 11) is 0. The van der Waals surface area contributed by atoms with Crippen LogP contribution < -0.4 is 5.56 Å². The standard InChI is InChI=1S/C27H27F2N5O2/c1-25(2)16-9-10-27(25,14-34(26(3)11-12-26)24(36)19-7-8-21(35)32-30-19)23-15(16)13-20(31-33-23)22-17(28)5-4-6-18(22)29/h4-8,13,16H,9-12,14H2,1-3H3,(H,32,35)/t16-,27-/m0/s1. The molecule has 186 valence electrons. The molecular weight excluding hydrogens is 464 g/mol. The first-order valence-electron chi connectivity index (χ1n) is 12.3. The molecule has 1 amide bonds. The Morgan fingerprint density at radius 3 is 2.44 bits per heavy atom. The van der Waals surface area contributed by atoms with E-state index in [0.717, 1.165) is 36.9 Å². The molecule has 36 heavy (non-hydrogen) atoms. The first-order valence-corrected chi connectivity index (χ1v) is 12.3. The highest BCUT2D eigenvalue weighted by Crippen LogP contribution is 2.68. The Hall–Kier alpha value is -3.49. The lowest BCUT2D eigenvalue weighted by molar-refractivity contribution is 0.0506. The average Bonchev–Trinajstić information content (AvgIpc) is 3.49. The van der Waals surface area contributed by atoms with E-state index in [0.29, 0.717) is 6.54 Å². The highest BCUT2D eigenvalue weighted by atomic mass is 19.1. The van der Waals surface area contributed by atoms with Crippen molar-refractivity contribution in [2.75, 3.05) is 6.54 Å². The summed E-state index contributed by atoms with van der Waals surface area (Å²) >= 11 is 0. The molecule has 0 radical (unpaired) electrons. The molecular formula is C27H27F2N5O2. The molecule has 3 aromatic rings. The number of amides is 1. The predicted octanol–water partition coefficient (Wildman–Crippen LogP) is 4.36. The van der Waals surface area contributed by atoms with Gasteiger partial charge in [0.05, 0.1) is 17.0 Å². The number of fused-ring (bicyclic) bond motifs is 5. The van der Waals surface area contributed by atoms with Crippen LogP contribution in [0.3, 0.4) is 0 Å². The fraction of sp³-hybridized carbons (Fsp3) is 0.444. The van der Waals surface area contributed by atoms with Gasteiger partial charge in [0, 0.05) is 23.6 Å². The maximum absolute atomic E-state index is 14.5. The van der Waals surface area contributed by atoms with Gasteiger partial charge >= 0.3 is 0 Å². The van der Waals surface area contributed by atoms with Gasteiger partial charge in [-0.15, -0.1) is 0 Å². The molecule has 9 heteroatoms. The lowest BCUT2D eigenvalue weighted by Gasteiger charge is -2.43. The second kappa shape index (κ2) is 7.51. The van der Waals surface area contributed by atoms with E-state index in [9.17, 15) is 18.4 Å². The number of nitrogens with one attached hydrogen (secondary N) is 1. The number of rotatable bonds is 5. The van der Waals surface area contributed by atoms with Gasteiger partial charge < -0.3 is 4.90 Å². The van der Waals surface area contributed by atoms with E-state index in [4.69, 9.17) is 0 Å². The van der Waals surface area contributed by atoms with Crippen molar-refractivity contribution in [2.24, 2.45) is 5.41 Å². The van der Waals surface area contributed by atoms with Gasteiger partial charge in [0.15, 0.2) is 0 Å². The van der Waals surface area contributed by atoms with Crippen molar-refractivity contribution in [3.05, 3.63) is 75.3 Å². The van der Waals surface area contributed by atoms with Crippen LogP contribution >= 0.6 is 0 Å². The van der Waals surface area contributed by atoms with Crippen LogP contribution in [0.5, 0.6) is 0 Å². The Balaban J connectivity index is 1.43. The predicted molar refractivity (Wildman–Crippen MR) is 128 cm³/mol. The number of hydrogen-bond donors (Lipinski definition) is 1. The minimum Gasteiger partial charge on any atom is -0.331 e. The number of nitrogens with zero attached hydrogens (tertiary/aromatic N) is 4. The van der Waals surface area contributed by atoms with Gasteiger partial charge in [0.1, 0.15) is 17.3 Å².